The topological polar surface area (TPSA) is 90.4 Å². The van der Waals surface area contributed by atoms with Crippen LogP contribution in [0.4, 0.5) is 0 Å². The first-order chi connectivity index (χ1) is 7.65. The first kappa shape index (κ1) is 13.4. The second-order valence-corrected chi connectivity index (χ2v) is 4.24. The van der Waals surface area contributed by atoms with Crippen molar-refractivity contribution in [1.29, 1.82) is 0 Å². The second kappa shape index (κ2) is 6.16. The molecule has 0 aromatic carbocycles. The third-order valence-electron chi connectivity index (χ3n) is 2.05. The van der Waals surface area contributed by atoms with Crippen molar-refractivity contribution >= 4 is 28.6 Å². The lowest BCUT2D eigenvalue weighted by molar-refractivity contribution is 0.0504. The van der Waals surface area contributed by atoms with Crippen LogP contribution in [-0.2, 0) is 4.74 Å². The third-order valence-corrected chi connectivity index (χ3v) is 2.84. The van der Waals surface area contributed by atoms with E-state index in [0.717, 1.165) is 0 Å². The summed E-state index contributed by atoms with van der Waals surface area (Å²) >= 11 is 2.00. The van der Waals surface area contributed by atoms with Gasteiger partial charge in [-0.25, -0.2) is 4.79 Å². The van der Waals surface area contributed by atoms with E-state index in [-0.39, 0.29) is 13.2 Å². The predicted molar refractivity (Wildman–Crippen MR) is 66.1 cm³/mol. The van der Waals surface area contributed by atoms with E-state index >= 15 is 0 Å². The lowest BCUT2D eigenvalue weighted by Crippen LogP contribution is -2.27. The fraction of sp³-hybridized carbons (Fsp3) is 0.556. The van der Waals surface area contributed by atoms with Crippen LogP contribution in [0.25, 0.3) is 0 Å². The maximum Gasteiger partial charge on any atom is 0.357 e. The summed E-state index contributed by atoms with van der Waals surface area (Å²) in [4.78, 5) is 11.7. The van der Waals surface area contributed by atoms with Crippen LogP contribution >= 0.6 is 22.6 Å². The Hall–Kier alpha value is -0.670. The lowest BCUT2D eigenvalue weighted by Gasteiger charge is -2.15. The SMILES string of the molecule is CCOC(=O)c1c(I)cnn1C(CN)CO. The van der Waals surface area contributed by atoms with Crippen LogP contribution < -0.4 is 5.73 Å². The van der Waals surface area contributed by atoms with Gasteiger partial charge in [0.2, 0.25) is 0 Å². The maximum atomic E-state index is 11.7. The number of rotatable bonds is 5. The van der Waals surface area contributed by atoms with E-state index < -0.39 is 12.0 Å². The summed E-state index contributed by atoms with van der Waals surface area (Å²) in [5, 5.41) is 13.2. The minimum absolute atomic E-state index is 0.166. The van der Waals surface area contributed by atoms with E-state index in [1.165, 1.54) is 4.68 Å². The third kappa shape index (κ3) is 2.71. The number of aromatic nitrogens is 2. The molecule has 0 spiro atoms. The number of ether oxygens (including phenoxy) is 1. The van der Waals surface area contributed by atoms with Gasteiger partial charge < -0.3 is 15.6 Å². The molecule has 3 N–H and O–H groups in total. The molecule has 7 heteroatoms. The molecule has 1 heterocycles. The van der Waals surface area contributed by atoms with Gasteiger partial charge in [-0.05, 0) is 29.5 Å². The fourth-order valence-electron chi connectivity index (χ4n) is 1.26. The minimum atomic E-state index is -0.448. The number of carbonyl (C=O) groups excluding carboxylic acids is 1. The Morgan fingerprint density at radius 3 is 3.00 bits per heavy atom. The number of esters is 1. The van der Waals surface area contributed by atoms with E-state index in [1.54, 1.807) is 13.1 Å². The summed E-state index contributed by atoms with van der Waals surface area (Å²) in [6.07, 6.45) is 1.55. The smallest absolute Gasteiger partial charge is 0.357 e. The lowest BCUT2D eigenvalue weighted by atomic mass is 10.3. The van der Waals surface area contributed by atoms with Gasteiger partial charge in [-0.1, -0.05) is 0 Å². The van der Waals surface area contributed by atoms with Crippen LogP contribution in [0.2, 0.25) is 0 Å². The van der Waals surface area contributed by atoms with E-state index in [0.29, 0.717) is 15.9 Å². The molecule has 0 saturated carbocycles. The molecule has 0 aliphatic rings. The highest BCUT2D eigenvalue weighted by Gasteiger charge is 2.22. The molecule has 0 radical (unpaired) electrons. The Morgan fingerprint density at radius 1 is 1.81 bits per heavy atom. The number of hydrogen-bond donors (Lipinski definition) is 2. The monoisotopic (exact) mass is 339 g/mol. The van der Waals surface area contributed by atoms with Gasteiger partial charge >= 0.3 is 5.97 Å². The van der Waals surface area contributed by atoms with Gasteiger partial charge in [0, 0.05) is 6.54 Å². The largest absolute Gasteiger partial charge is 0.461 e. The molecule has 0 fully saturated rings. The van der Waals surface area contributed by atoms with Crippen LogP contribution in [0.3, 0.4) is 0 Å². The first-order valence-electron chi connectivity index (χ1n) is 4.86. The number of carbonyl (C=O) groups is 1. The van der Waals surface area contributed by atoms with Crippen molar-refractivity contribution in [3.63, 3.8) is 0 Å². The zero-order valence-electron chi connectivity index (χ0n) is 8.89. The molecule has 90 valence electrons. The van der Waals surface area contributed by atoms with Gasteiger partial charge in [0.05, 0.1) is 29.0 Å². The summed E-state index contributed by atoms with van der Waals surface area (Å²) in [7, 11) is 0. The summed E-state index contributed by atoms with van der Waals surface area (Å²) < 4.78 is 7.02. The van der Waals surface area contributed by atoms with Crippen molar-refractivity contribution in [2.75, 3.05) is 19.8 Å². The standard InChI is InChI=1S/C9H14IN3O3/c1-2-16-9(15)8-7(10)4-12-13(8)6(3-11)5-14/h4,6,14H,2-3,5,11H2,1H3. The van der Waals surface area contributed by atoms with Crippen molar-refractivity contribution < 1.29 is 14.6 Å². The van der Waals surface area contributed by atoms with Crippen LogP contribution in [0, 0.1) is 3.57 Å². The number of nitrogens with two attached hydrogens (primary N) is 1. The Kier molecular flexibility index (Phi) is 5.16. The molecule has 0 aliphatic heterocycles. The zero-order valence-corrected chi connectivity index (χ0v) is 11.0. The molecule has 1 aromatic heterocycles. The number of aliphatic hydroxyl groups is 1. The van der Waals surface area contributed by atoms with E-state index in [1.807, 2.05) is 22.6 Å². The Balaban J connectivity index is 3.06. The second-order valence-electron chi connectivity index (χ2n) is 3.08. The van der Waals surface area contributed by atoms with Gasteiger partial charge in [0.25, 0.3) is 0 Å². The molecule has 1 unspecified atom stereocenters. The summed E-state index contributed by atoms with van der Waals surface area (Å²) in [5.41, 5.74) is 5.83. The van der Waals surface area contributed by atoms with Crippen LogP contribution in [0.15, 0.2) is 6.20 Å². The molecule has 16 heavy (non-hydrogen) atoms. The molecule has 1 aromatic rings. The van der Waals surface area contributed by atoms with Gasteiger partial charge in [-0.3, -0.25) is 4.68 Å². The van der Waals surface area contributed by atoms with Crippen molar-refractivity contribution in [3.05, 3.63) is 15.5 Å². The van der Waals surface area contributed by atoms with Gasteiger partial charge in [0.15, 0.2) is 5.69 Å². The predicted octanol–water partition coefficient (Wildman–Crippen LogP) is 0.157. The average molecular weight is 339 g/mol. The molecule has 6 nitrogen and oxygen atoms in total. The van der Waals surface area contributed by atoms with Crippen molar-refractivity contribution in [1.82, 2.24) is 9.78 Å². The highest BCUT2D eigenvalue weighted by Crippen LogP contribution is 2.16. The normalized spacial score (nSPS) is 12.5. The van der Waals surface area contributed by atoms with Gasteiger partial charge in [-0.15, -0.1) is 0 Å². The number of nitrogens with zero attached hydrogens (tertiary/aromatic N) is 2. The molecule has 0 saturated heterocycles. The maximum absolute atomic E-state index is 11.7. The number of halogens is 1. The zero-order chi connectivity index (χ0) is 12.1. The summed E-state index contributed by atoms with van der Waals surface area (Å²) in [6, 6.07) is -0.400. The van der Waals surface area contributed by atoms with Crippen molar-refractivity contribution in [2.24, 2.45) is 5.73 Å². The van der Waals surface area contributed by atoms with E-state index in [4.69, 9.17) is 15.6 Å². The summed E-state index contributed by atoms with van der Waals surface area (Å²) in [6.45, 7) is 2.08. The van der Waals surface area contributed by atoms with Crippen LogP contribution in [0.1, 0.15) is 23.5 Å². The molecule has 0 amide bonds. The highest BCUT2D eigenvalue weighted by molar-refractivity contribution is 14.1. The molecule has 1 atom stereocenters. The minimum Gasteiger partial charge on any atom is -0.461 e. The Labute approximate surface area is 107 Å². The highest BCUT2D eigenvalue weighted by atomic mass is 127. The van der Waals surface area contributed by atoms with Crippen LogP contribution in [-0.4, -0.2) is 40.6 Å². The quantitative estimate of drug-likeness (QED) is 0.589. The van der Waals surface area contributed by atoms with Gasteiger partial charge in [-0.2, -0.15) is 5.10 Å². The number of aliphatic hydroxyl groups excluding tert-OH is 1. The van der Waals surface area contributed by atoms with Crippen LogP contribution in [0.5, 0.6) is 0 Å². The first-order valence-corrected chi connectivity index (χ1v) is 5.94. The molecule has 0 aliphatic carbocycles. The van der Waals surface area contributed by atoms with Crippen molar-refractivity contribution in [3.8, 4) is 0 Å². The van der Waals surface area contributed by atoms with Crippen molar-refractivity contribution in [2.45, 2.75) is 13.0 Å². The number of hydrogen-bond acceptors (Lipinski definition) is 5. The fourth-order valence-corrected chi connectivity index (χ4v) is 1.85. The average Bonchev–Trinajstić information content (AvgIpc) is 2.63. The van der Waals surface area contributed by atoms with E-state index in [9.17, 15) is 4.79 Å². The van der Waals surface area contributed by atoms with E-state index in [2.05, 4.69) is 5.10 Å². The summed E-state index contributed by atoms with van der Waals surface area (Å²) in [5.74, 6) is -0.448. The Bertz CT molecular complexity index is 363. The van der Waals surface area contributed by atoms with Gasteiger partial charge in [0.1, 0.15) is 0 Å². The molecular formula is C9H14IN3O3. The molecule has 0 bridgehead atoms. The molecule has 1 rings (SSSR count). The Morgan fingerprint density at radius 2 is 2.50 bits per heavy atom. The molecular weight excluding hydrogens is 325 g/mol.